The van der Waals surface area contributed by atoms with Gasteiger partial charge in [-0.1, -0.05) is 20.8 Å². The molecule has 5 saturated carbocycles. The first-order chi connectivity index (χ1) is 23.6. The van der Waals surface area contributed by atoms with E-state index in [9.17, 15) is 34.2 Å². The summed E-state index contributed by atoms with van der Waals surface area (Å²) in [6.45, 7) is 13.8. The Morgan fingerprint density at radius 1 is 0.824 bits per heavy atom. The lowest BCUT2D eigenvalue weighted by atomic mass is 9.40. The number of carbonyl (C=O) groups excluding carboxylic acids is 5. The zero-order valence-corrected chi connectivity index (χ0v) is 30.3. The van der Waals surface area contributed by atoms with Crippen molar-refractivity contribution in [2.45, 2.75) is 135 Å². The number of rotatable bonds is 4. The highest BCUT2D eigenvalue weighted by molar-refractivity contribution is 5.87. The van der Waals surface area contributed by atoms with E-state index in [1.165, 1.54) is 34.6 Å². The third-order valence-corrected chi connectivity index (χ3v) is 15.4. The third kappa shape index (κ3) is 3.94. The van der Waals surface area contributed by atoms with Crippen LogP contribution in [0.25, 0.3) is 0 Å². The number of aliphatic hydroxyl groups is 2. The van der Waals surface area contributed by atoms with Gasteiger partial charge in [-0.2, -0.15) is 0 Å². The van der Waals surface area contributed by atoms with E-state index in [1.807, 2.05) is 20.8 Å². The molecule has 51 heavy (non-hydrogen) atoms. The summed E-state index contributed by atoms with van der Waals surface area (Å²) in [4.78, 5) is 65.6. The molecule has 2 unspecified atom stereocenters. The van der Waals surface area contributed by atoms with Gasteiger partial charge in [0.25, 0.3) is 5.79 Å². The molecule has 4 N–H and O–H groups in total. The zero-order chi connectivity index (χ0) is 37.3. The number of hydrogen-bond acceptors (Lipinski definition) is 15. The number of hydrogen-bond donors (Lipinski definition) is 3. The molecule has 0 amide bonds. The van der Waals surface area contributed by atoms with Crippen LogP contribution in [0.4, 0.5) is 0 Å². The molecule has 8 fully saturated rings. The second kappa shape index (κ2) is 10.4. The Balaban J connectivity index is 1.40. The summed E-state index contributed by atoms with van der Waals surface area (Å²) in [7, 11) is 0. The van der Waals surface area contributed by atoms with E-state index in [4.69, 9.17) is 38.9 Å². The van der Waals surface area contributed by atoms with Crippen LogP contribution >= 0.6 is 0 Å². The Kier molecular flexibility index (Phi) is 7.19. The van der Waals surface area contributed by atoms with Crippen molar-refractivity contribution in [3.63, 3.8) is 0 Å². The average Bonchev–Trinajstić information content (AvgIpc) is 3.92. The topological polar surface area (TPSA) is 223 Å². The molecular formula is C36H49NO14. The fourth-order valence-electron chi connectivity index (χ4n) is 13.6. The third-order valence-electron chi connectivity index (χ3n) is 15.4. The first-order valence-corrected chi connectivity index (χ1v) is 18.0. The van der Waals surface area contributed by atoms with Crippen LogP contribution in [0.2, 0.25) is 0 Å². The summed E-state index contributed by atoms with van der Waals surface area (Å²) < 4.78 is 42.7. The molecule has 3 aliphatic heterocycles. The lowest BCUT2D eigenvalue weighted by Gasteiger charge is -2.67. The van der Waals surface area contributed by atoms with Gasteiger partial charge >= 0.3 is 29.8 Å². The van der Waals surface area contributed by atoms with Gasteiger partial charge < -0.3 is 49.1 Å². The molecule has 0 radical (unpaired) electrons. The van der Waals surface area contributed by atoms with Crippen LogP contribution in [0.3, 0.4) is 0 Å². The molecule has 1 spiro atoms. The Bertz CT molecular complexity index is 1620. The summed E-state index contributed by atoms with van der Waals surface area (Å²) in [6.07, 6.45) is -6.86. The van der Waals surface area contributed by atoms with Crippen LogP contribution in [0.5, 0.6) is 0 Å². The van der Waals surface area contributed by atoms with Gasteiger partial charge in [-0.15, -0.1) is 0 Å². The zero-order valence-electron chi connectivity index (χ0n) is 30.3. The van der Waals surface area contributed by atoms with Crippen molar-refractivity contribution in [2.24, 2.45) is 63.4 Å². The van der Waals surface area contributed by atoms with E-state index in [0.717, 1.165) is 0 Å². The predicted octanol–water partition coefficient (Wildman–Crippen LogP) is 0.382. The van der Waals surface area contributed by atoms with Crippen LogP contribution in [0.1, 0.15) is 68.7 Å². The summed E-state index contributed by atoms with van der Waals surface area (Å²) in [5.74, 6) is -10.1. The SMILES string of the molecule is CC(=O)O[C@@H]1C2C([C@H](OC(C)=O)[C@H](OC(C)=O)[C@]3(C)[C@H]4[C@H](C)[C@H]5O[C@]56OC(=O)[C@@](C)(OC(C)=O)[C@]6(C)[C@@H]4[C@H](O)[C@@H]23)[C@]2(C)[C@H](C[C@@H]3O[C@@H]3[C@@H]2O)[C@H]1N. The number of esters is 5. The monoisotopic (exact) mass is 719 g/mol. The molecule has 0 aromatic carbocycles. The maximum Gasteiger partial charge on any atom is 0.353 e. The quantitative estimate of drug-likeness (QED) is 0.203. The van der Waals surface area contributed by atoms with Gasteiger partial charge in [0.05, 0.1) is 23.7 Å². The highest BCUT2D eigenvalue weighted by atomic mass is 16.8. The predicted molar refractivity (Wildman–Crippen MR) is 168 cm³/mol. The van der Waals surface area contributed by atoms with Crippen molar-refractivity contribution >= 4 is 29.8 Å². The average molecular weight is 720 g/mol. The molecule has 282 valence electrons. The molecule has 3 saturated heterocycles. The van der Waals surface area contributed by atoms with E-state index < -0.39 is 148 Å². The van der Waals surface area contributed by atoms with Gasteiger partial charge in [0.1, 0.15) is 30.5 Å². The van der Waals surface area contributed by atoms with Gasteiger partial charge in [0.2, 0.25) is 5.60 Å². The minimum absolute atomic E-state index is 0.258. The van der Waals surface area contributed by atoms with Crippen LogP contribution < -0.4 is 5.73 Å². The standard InChI is InChI=1S/C36H49NO14/c1-11-19-22(34(8)35(9,49-15(5)41)31(44)51-36(34)29(11)50-36)24(42)20-18-21(27(46-13(3)39)30(33(19,20)7)47-14(4)40)32(6)16(10-17-25(48-17)28(32)43)23(37)26(18)45-12(2)38/h11,16-30,42-43H,10,37H2,1-9H3/t11-,16+,17-,18?,19-,20+,21?,22-,23+,24+,25-,26+,27-,28-,29+,30-,32-,33+,34-,35+,36-/m0/s1. The van der Waals surface area contributed by atoms with Gasteiger partial charge in [-0.25, -0.2) is 4.79 Å². The minimum atomic E-state index is -1.90. The van der Waals surface area contributed by atoms with Crippen LogP contribution in [-0.2, 0) is 57.1 Å². The Morgan fingerprint density at radius 2 is 1.43 bits per heavy atom. The highest BCUT2D eigenvalue weighted by Crippen LogP contribution is 2.81. The maximum atomic E-state index is 13.8. The Hall–Kier alpha value is -2.85. The number of epoxide rings is 2. The number of carbonyl (C=O) groups is 5. The minimum Gasteiger partial charge on any atom is -0.461 e. The number of fused-ring (bicyclic) bond motifs is 9. The van der Waals surface area contributed by atoms with Gasteiger partial charge in [-0.05, 0) is 38.0 Å². The molecule has 8 aliphatic rings. The van der Waals surface area contributed by atoms with E-state index in [1.54, 1.807) is 6.92 Å². The van der Waals surface area contributed by atoms with Gasteiger partial charge in [0.15, 0.2) is 0 Å². The van der Waals surface area contributed by atoms with Crippen LogP contribution in [-0.4, -0.2) is 106 Å². The number of nitrogens with two attached hydrogens (primary N) is 1. The Morgan fingerprint density at radius 3 is 2.02 bits per heavy atom. The summed E-state index contributed by atoms with van der Waals surface area (Å²) >= 11 is 0. The second-order valence-corrected chi connectivity index (χ2v) is 17.4. The molecule has 15 heteroatoms. The lowest BCUT2D eigenvalue weighted by molar-refractivity contribution is -0.285. The summed E-state index contributed by atoms with van der Waals surface area (Å²) in [5, 5.41) is 25.2. The fraction of sp³-hybridized carbons (Fsp3) is 0.861. The molecule has 0 aromatic rings. The fourth-order valence-corrected chi connectivity index (χ4v) is 13.6. The molecule has 0 bridgehead atoms. The van der Waals surface area contributed by atoms with Crippen molar-refractivity contribution in [3.05, 3.63) is 0 Å². The van der Waals surface area contributed by atoms with Crippen LogP contribution in [0, 0.1) is 57.7 Å². The van der Waals surface area contributed by atoms with Gasteiger partial charge in [-0.3, -0.25) is 19.2 Å². The first kappa shape index (κ1) is 35.2. The van der Waals surface area contributed by atoms with Crippen molar-refractivity contribution in [2.75, 3.05) is 0 Å². The van der Waals surface area contributed by atoms with E-state index in [-0.39, 0.29) is 6.10 Å². The molecule has 21 atom stereocenters. The molecule has 5 aliphatic carbocycles. The highest BCUT2D eigenvalue weighted by Gasteiger charge is 2.94. The van der Waals surface area contributed by atoms with Crippen molar-refractivity contribution in [3.8, 4) is 0 Å². The Labute approximate surface area is 295 Å². The summed E-state index contributed by atoms with van der Waals surface area (Å²) in [6, 6.07) is -0.832. The normalized spacial score (nSPS) is 58.1. The number of aliphatic hydroxyl groups excluding tert-OH is 2. The molecule has 0 aromatic heterocycles. The second-order valence-electron chi connectivity index (χ2n) is 17.4. The molecule has 3 heterocycles. The largest absolute Gasteiger partial charge is 0.461 e. The smallest absolute Gasteiger partial charge is 0.353 e. The van der Waals surface area contributed by atoms with Crippen molar-refractivity contribution in [1.29, 1.82) is 0 Å². The van der Waals surface area contributed by atoms with E-state index in [2.05, 4.69) is 0 Å². The molecule has 15 nitrogen and oxygen atoms in total. The van der Waals surface area contributed by atoms with E-state index in [0.29, 0.717) is 6.42 Å². The molecule has 8 rings (SSSR count). The van der Waals surface area contributed by atoms with Crippen molar-refractivity contribution < 1.29 is 67.3 Å². The first-order valence-electron chi connectivity index (χ1n) is 18.0. The molecular weight excluding hydrogens is 670 g/mol. The van der Waals surface area contributed by atoms with Crippen molar-refractivity contribution in [1.82, 2.24) is 0 Å². The van der Waals surface area contributed by atoms with Gasteiger partial charge in [0, 0.05) is 68.2 Å². The van der Waals surface area contributed by atoms with E-state index >= 15 is 0 Å². The van der Waals surface area contributed by atoms with Crippen LogP contribution in [0.15, 0.2) is 0 Å². The number of ether oxygens (including phenoxy) is 7. The lowest BCUT2D eigenvalue weighted by Crippen LogP contribution is -2.76. The maximum absolute atomic E-state index is 13.8. The summed E-state index contributed by atoms with van der Waals surface area (Å²) in [5.41, 5.74) is 1.35.